The first-order valence-electron chi connectivity index (χ1n) is 9.59. The van der Waals surface area contributed by atoms with E-state index in [1.54, 1.807) is 6.20 Å². The van der Waals surface area contributed by atoms with Crippen molar-refractivity contribution in [2.75, 3.05) is 19.7 Å². The molecule has 2 aliphatic heterocycles. The monoisotopic (exact) mass is 382 g/mol. The SMILES string of the molecule is CC12CC=CC=C1OCC21CCN(C(=O)c2c[nH]c3cc(Cl)ccc23)CC1. The highest BCUT2D eigenvalue weighted by molar-refractivity contribution is 6.31. The normalized spacial score (nSPS) is 26.1. The summed E-state index contributed by atoms with van der Waals surface area (Å²) in [4.78, 5) is 18.3. The van der Waals surface area contributed by atoms with Crippen molar-refractivity contribution in [1.82, 2.24) is 9.88 Å². The third-order valence-corrected chi connectivity index (χ3v) is 7.25. The Hall–Kier alpha value is -2.20. The number of hydrogen-bond acceptors (Lipinski definition) is 2. The van der Waals surface area contributed by atoms with Gasteiger partial charge in [-0.25, -0.2) is 0 Å². The molecular weight excluding hydrogens is 360 g/mol. The van der Waals surface area contributed by atoms with Crippen molar-refractivity contribution in [2.24, 2.45) is 10.8 Å². The molecule has 2 aromatic rings. The summed E-state index contributed by atoms with van der Waals surface area (Å²) in [6.07, 6.45) is 11.2. The van der Waals surface area contributed by atoms with Gasteiger partial charge in [-0.05, 0) is 37.5 Å². The van der Waals surface area contributed by atoms with Gasteiger partial charge in [-0.1, -0.05) is 36.7 Å². The number of allylic oxidation sites excluding steroid dienone is 4. The molecule has 2 fully saturated rings. The van der Waals surface area contributed by atoms with E-state index in [4.69, 9.17) is 16.3 Å². The van der Waals surface area contributed by atoms with Crippen LogP contribution in [0.5, 0.6) is 0 Å². The number of carbonyl (C=O) groups is 1. The van der Waals surface area contributed by atoms with E-state index >= 15 is 0 Å². The fraction of sp³-hybridized carbons (Fsp3) is 0.409. The minimum atomic E-state index is 0.0639. The number of benzene rings is 1. The smallest absolute Gasteiger partial charge is 0.256 e. The Labute approximate surface area is 163 Å². The maximum Gasteiger partial charge on any atom is 0.256 e. The molecule has 1 spiro atoms. The number of piperidine rings is 1. The van der Waals surface area contributed by atoms with Gasteiger partial charge in [0.05, 0.1) is 12.2 Å². The summed E-state index contributed by atoms with van der Waals surface area (Å²) >= 11 is 6.06. The third-order valence-electron chi connectivity index (χ3n) is 7.01. The number of nitrogens with zero attached hydrogens (tertiary/aromatic N) is 1. The van der Waals surface area contributed by atoms with Crippen LogP contribution in [0.15, 0.2) is 48.4 Å². The van der Waals surface area contributed by atoms with Gasteiger partial charge in [0.1, 0.15) is 5.76 Å². The first-order chi connectivity index (χ1) is 13.0. The number of nitrogens with one attached hydrogen (secondary N) is 1. The number of aromatic nitrogens is 1. The fourth-order valence-electron chi connectivity index (χ4n) is 5.08. The van der Waals surface area contributed by atoms with Crippen LogP contribution in [0.2, 0.25) is 5.02 Å². The number of aromatic amines is 1. The molecule has 5 heteroatoms. The predicted octanol–water partition coefficient (Wildman–Crippen LogP) is 4.92. The van der Waals surface area contributed by atoms with Crippen molar-refractivity contribution < 1.29 is 9.53 Å². The summed E-state index contributed by atoms with van der Waals surface area (Å²) < 4.78 is 6.08. The molecule has 0 bridgehead atoms. The van der Waals surface area contributed by atoms with E-state index in [0.29, 0.717) is 5.02 Å². The molecule has 1 N–H and O–H groups in total. The number of ether oxygens (including phenoxy) is 1. The largest absolute Gasteiger partial charge is 0.497 e. The van der Waals surface area contributed by atoms with Crippen LogP contribution in [0.4, 0.5) is 0 Å². The Balaban J connectivity index is 1.37. The average molecular weight is 383 g/mol. The van der Waals surface area contributed by atoms with Gasteiger partial charge in [0.15, 0.2) is 0 Å². The highest BCUT2D eigenvalue weighted by Crippen LogP contribution is 2.59. The minimum Gasteiger partial charge on any atom is -0.497 e. The molecule has 3 aliphatic rings. The second-order valence-corrected chi connectivity index (χ2v) is 8.69. The molecule has 3 heterocycles. The number of rotatable bonds is 1. The van der Waals surface area contributed by atoms with Gasteiger partial charge in [0.2, 0.25) is 0 Å². The lowest BCUT2D eigenvalue weighted by molar-refractivity contribution is 0.0243. The van der Waals surface area contributed by atoms with Gasteiger partial charge in [-0.15, -0.1) is 0 Å². The van der Waals surface area contributed by atoms with Crippen LogP contribution in [-0.4, -0.2) is 35.5 Å². The Morgan fingerprint density at radius 1 is 1.30 bits per heavy atom. The van der Waals surface area contributed by atoms with Crippen molar-refractivity contribution in [3.05, 3.63) is 59.0 Å². The second-order valence-electron chi connectivity index (χ2n) is 8.25. The number of carbonyl (C=O) groups excluding carboxylic acids is 1. The lowest BCUT2D eigenvalue weighted by Gasteiger charge is -2.47. The summed E-state index contributed by atoms with van der Waals surface area (Å²) in [7, 11) is 0. The van der Waals surface area contributed by atoms with E-state index in [1.165, 1.54) is 0 Å². The van der Waals surface area contributed by atoms with Crippen LogP contribution in [0.3, 0.4) is 0 Å². The number of fused-ring (bicyclic) bond motifs is 3. The fourth-order valence-corrected chi connectivity index (χ4v) is 5.26. The quantitative estimate of drug-likeness (QED) is 0.760. The van der Waals surface area contributed by atoms with Gasteiger partial charge in [-0.2, -0.15) is 0 Å². The molecule has 0 saturated carbocycles. The van der Waals surface area contributed by atoms with Crippen LogP contribution >= 0.6 is 11.6 Å². The second kappa shape index (κ2) is 5.90. The van der Waals surface area contributed by atoms with E-state index < -0.39 is 0 Å². The summed E-state index contributed by atoms with van der Waals surface area (Å²) in [5.74, 6) is 1.22. The zero-order chi connectivity index (χ0) is 18.6. The van der Waals surface area contributed by atoms with E-state index in [1.807, 2.05) is 23.1 Å². The van der Waals surface area contributed by atoms with Crippen molar-refractivity contribution in [2.45, 2.75) is 26.2 Å². The number of H-pyrrole nitrogens is 1. The summed E-state index contributed by atoms with van der Waals surface area (Å²) in [5.41, 5.74) is 1.83. The van der Waals surface area contributed by atoms with Crippen LogP contribution in [0.1, 0.15) is 36.5 Å². The highest BCUT2D eigenvalue weighted by atomic mass is 35.5. The lowest BCUT2D eigenvalue weighted by atomic mass is 9.58. The molecule has 1 aliphatic carbocycles. The summed E-state index contributed by atoms with van der Waals surface area (Å²) in [6.45, 7) is 4.64. The van der Waals surface area contributed by atoms with Gasteiger partial charge in [0, 0.05) is 46.0 Å². The van der Waals surface area contributed by atoms with Gasteiger partial charge < -0.3 is 14.6 Å². The first-order valence-corrected chi connectivity index (χ1v) is 9.96. The minimum absolute atomic E-state index is 0.0639. The van der Waals surface area contributed by atoms with E-state index in [-0.39, 0.29) is 16.7 Å². The van der Waals surface area contributed by atoms with Gasteiger partial charge in [-0.3, -0.25) is 4.79 Å². The molecule has 27 heavy (non-hydrogen) atoms. The Morgan fingerprint density at radius 2 is 2.11 bits per heavy atom. The molecule has 1 unspecified atom stereocenters. The van der Waals surface area contributed by atoms with Crippen molar-refractivity contribution in [1.29, 1.82) is 0 Å². The highest BCUT2D eigenvalue weighted by Gasteiger charge is 2.57. The van der Waals surface area contributed by atoms with Crippen molar-refractivity contribution in [3.63, 3.8) is 0 Å². The number of hydrogen-bond donors (Lipinski definition) is 1. The molecule has 4 nitrogen and oxygen atoms in total. The molecule has 1 amide bonds. The van der Waals surface area contributed by atoms with Crippen LogP contribution in [0.25, 0.3) is 10.9 Å². The molecule has 140 valence electrons. The average Bonchev–Trinajstić information content (AvgIpc) is 3.21. The molecule has 2 saturated heterocycles. The van der Waals surface area contributed by atoms with Crippen LogP contribution in [-0.2, 0) is 4.74 Å². The van der Waals surface area contributed by atoms with Crippen molar-refractivity contribution in [3.8, 4) is 0 Å². The van der Waals surface area contributed by atoms with E-state index in [9.17, 15) is 4.79 Å². The first kappa shape index (κ1) is 16.9. The maximum atomic E-state index is 13.1. The Morgan fingerprint density at radius 3 is 2.93 bits per heavy atom. The van der Waals surface area contributed by atoms with E-state index in [0.717, 1.165) is 61.2 Å². The number of amides is 1. The van der Waals surface area contributed by atoms with E-state index in [2.05, 4.69) is 30.1 Å². The predicted molar refractivity (Wildman–Crippen MR) is 107 cm³/mol. The molecule has 1 aromatic heterocycles. The van der Waals surface area contributed by atoms with Crippen LogP contribution < -0.4 is 0 Å². The standard InChI is InChI=1S/C22H23ClN2O2/c1-21-7-3-2-4-19(21)27-14-22(21)8-10-25(11-9-22)20(26)17-13-24-18-12-15(23)5-6-16(17)18/h2-6,12-13,24H,7-11,14H2,1H3. The molecule has 5 rings (SSSR count). The number of halogens is 1. The Kier molecular flexibility index (Phi) is 3.70. The van der Waals surface area contributed by atoms with Crippen molar-refractivity contribution >= 4 is 28.4 Å². The zero-order valence-electron chi connectivity index (χ0n) is 15.4. The van der Waals surface area contributed by atoms with Gasteiger partial charge >= 0.3 is 0 Å². The molecule has 1 aromatic carbocycles. The van der Waals surface area contributed by atoms with Crippen LogP contribution in [0, 0.1) is 10.8 Å². The molecule has 1 atom stereocenters. The number of likely N-dealkylation sites (tertiary alicyclic amines) is 1. The lowest BCUT2D eigenvalue weighted by Crippen LogP contribution is -2.49. The molecule has 0 radical (unpaired) electrons. The molecular formula is C22H23ClN2O2. The maximum absolute atomic E-state index is 13.1. The summed E-state index contributed by atoms with van der Waals surface area (Å²) in [6, 6.07) is 5.62. The summed E-state index contributed by atoms with van der Waals surface area (Å²) in [5, 5.41) is 1.60. The third kappa shape index (κ3) is 2.39. The Bertz CT molecular complexity index is 981. The topological polar surface area (TPSA) is 45.3 Å². The van der Waals surface area contributed by atoms with Gasteiger partial charge in [0.25, 0.3) is 5.91 Å². The zero-order valence-corrected chi connectivity index (χ0v) is 16.2.